The molecule has 0 radical (unpaired) electrons. The summed E-state index contributed by atoms with van der Waals surface area (Å²) in [6.45, 7) is 1.81. The summed E-state index contributed by atoms with van der Waals surface area (Å²) in [4.78, 5) is 8.43. The van der Waals surface area contributed by atoms with Gasteiger partial charge in [-0.25, -0.2) is 9.98 Å². The molecular weight excluding hydrogens is 365 g/mol. The molecule has 2 atom stereocenters. The van der Waals surface area contributed by atoms with Crippen molar-refractivity contribution in [1.82, 2.24) is 15.6 Å². The van der Waals surface area contributed by atoms with Crippen LogP contribution in [-0.2, 0) is 6.54 Å². The molecule has 0 aliphatic heterocycles. The number of hydrogen-bond acceptors (Lipinski definition) is 4. The monoisotopic (exact) mass is 390 g/mol. The van der Waals surface area contributed by atoms with Crippen LogP contribution in [0.4, 0.5) is 13.2 Å². The Morgan fingerprint density at radius 2 is 2.19 bits per heavy atom. The number of guanidine groups is 1. The van der Waals surface area contributed by atoms with Gasteiger partial charge in [-0.1, -0.05) is 6.07 Å². The number of thioether (sulfide) groups is 1. The number of hydrogen-bond donors (Lipinski definition) is 2. The number of ether oxygens (including phenoxy) is 1. The topological polar surface area (TPSA) is 58.5 Å². The number of halogens is 3. The summed E-state index contributed by atoms with van der Waals surface area (Å²) < 4.78 is 41.0. The molecule has 0 aromatic carbocycles. The fourth-order valence-electron chi connectivity index (χ4n) is 2.71. The standard InChI is InChI=1S/C17H25F3N4OS/c1-3-21-16(24-13-5-6-14(8-13)26-2)23-10-12-4-7-15(22-9-12)25-11-17(18,19)20/h4,7,9,13-14H,3,5-6,8,10-11H2,1-2H3,(H2,21,23,24). The maximum atomic E-state index is 12.1. The van der Waals surface area contributed by atoms with Gasteiger partial charge in [0.15, 0.2) is 12.6 Å². The number of aromatic nitrogens is 1. The zero-order valence-corrected chi connectivity index (χ0v) is 15.8. The van der Waals surface area contributed by atoms with E-state index in [2.05, 4.69) is 31.6 Å². The highest BCUT2D eigenvalue weighted by atomic mass is 32.2. The summed E-state index contributed by atoms with van der Waals surface area (Å²) >= 11 is 1.90. The Bertz CT molecular complexity index is 580. The Hall–Kier alpha value is -1.64. The lowest BCUT2D eigenvalue weighted by Crippen LogP contribution is -2.42. The Morgan fingerprint density at radius 1 is 1.38 bits per heavy atom. The summed E-state index contributed by atoms with van der Waals surface area (Å²) in [6.07, 6.45) is 2.72. The van der Waals surface area contributed by atoms with E-state index in [4.69, 9.17) is 0 Å². The van der Waals surface area contributed by atoms with Crippen LogP contribution in [-0.4, -0.2) is 47.8 Å². The molecule has 146 valence electrons. The summed E-state index contributed by atoms with van der Waals surface area (Å²) in [5.74, 6) is 0.700. The number of rotatable bonds is 7. The van der Waals surface area contributed by atoms with Crippen LogP contribution in [0.5, 0.6) is 5.88 Å². The predicted molar refractivity (Wildman–Crippen MR) is 98.7 cm³/mol. The normalized spacial score (nSPS) is 20.9. The SMILES string of the molecule is CCNC(=NCc1ccc(OCC(F)(F)F)nc1)NC1CCC(SC)C1. The molecule has 2 rings (SSSR count). The van der Waals surface area contributed by atoms with E-state index >= 15 is 0 Å². The molecule has 9 heteroatoms. The summed E-state index contributed by atoms with van der Waals surface area (Å²) in [7, 11) is 0. The van der Waals surface area contributed by atoms with E-state index in [1.54, 1.807) is 6.07 Å². The molecule has 1 aliphatic carbocycles. The molecule has 1 saturated carbocycles. The quantitative estimate of drug-likeness (QED) is 0.552. The van der Waals surface area contributed by atoms with Crippen LogP contribution in [0.2, 0.25) is 0 Å². The minimum absolute atomic E-state index is 0.0471. The van der Waals surface area contributed by atoms with Crippen molar-refractivity contribution in [2.45, 2.75) is 50.2 Å². The first-order valence-corrected chi connectivity index (χ1v) is 9.90. The van der Waals surface area contributed by atoms with Gasteiger partial charge in [-0.05, 0) is 38.0 Å². The Balaban J connectivity index is 1.88. The smallest absolute Gasteiger partial charge is 0.422 e. The van der Waals surface area contributed by atoms with Gasteiger partial charge in [0.1, 0.15) is 0 Å². The van der Waals surface area contributed by atoms with Crippen molar-refractivity contribution < 1.29 is 17.9 Å². The molecule has 0 bridgehead atoms. The molecule has 26 heavy (non-hydrogen) atoms. The lowest BCUT2D eigenvalue weighted by atomic mass is 10.2. The Labute approximate surface area is 156 Å². The first kappa shape index (κ1) is 20.7. The van der Waals surface area contributed by atoms with Crippen molar-refractivity contribution in [3.63, 3.8) is 0 Å². The van der Waals surface area contributed by atoms with Gasteiger partial charge in [0, 0.05) is 30.1 Å². The number of nitrogens with zero attached hydrogens (tertiary/aromatic N) is 2. The third-order valence-corrected chi connectivity index (χ3v) is 5.10. The van der Waals surface area contributed by atoms with Gasteiger partial charge in [0.25, 0.3) is 0 Å². The highest BCUT2D eigenvalue weighted by molar-refractivity contribution is 7.99. The Kier molecular flexibility index (Phi) is 7.86. The summed E-state index contributed by atoms with van der Waals surface area (Å²) in [6, 6.07) is 3.52. The van der Waals surface area contributed by atoms with Crippen LogP contribution >= 0.6 is 11.8 Å². The molecule has 2 unspecified atom stereocenters. The predicted octanol–water partition coefficient (Wildman–Crippen LogP) is 3.36. The lowest BCUT2D eigenvalue weighted by Gasteiger charge is -2.17. The molecule has 5 nitrogen and oxygen atoms in total. The van der Waals surface area contributed by atoms with Crippen molar-refractivity contribution in [2.75, 3.05) is 19.4 Å². The number of nitrogens with one attached hydrogen (secondary N) is 2. The molecule has 1 heterocycles. The van der Waals surface area contributed by atoms with Crippen molar-refractivity contribution in [3.05, 3.63) is 23.9 Å². The van der Waals surface area contributed by atoms with E-state index in [0.29, 0.717) is 17.8 Å². The van der Waals surface area contributed by atoms with Gasteiger partial charge in [-0.2, -0.15) is 24.9 Å². The van der Waals surface area contributed by atoms with E-state index in [1.165, 1.54) is 18.7 Å². The maximum Gasteiger partial charge on any atom is 0.422 e. The van der Waals surface area contributed by atoms with Gasteiger partial charge in [-0.3, -0.25) is 0 Å². The van der Waals surface area contributed by atoms with Gasteiger partial charge in [-0.15, -0.1) is 0 Å². The minimum Gasteiger partial charge on any atom is -0.468 e. The average Bonchev–Trinajstić information content (AvgIpc) is 3.06. The fourth-order valence-corrected chi connectivity index (χ4v) is 3.51. The third-order valence-electron chi connectivity index (χ3n) is 4.00. The average molecular weight is 390 g/mol. The molecular formula is C17H25F3N4OS. The highest BCUT2D eigenvalue weighted by Gasteiger charge is 2.28. The van der Waals surface area contributed by atoms with E-state index in [9.17, 15) is 13.2 Å². The molecule has 2 N–H and O–H groups in total. The second kappa shape index (κ2) is 9.89. The largest absolute Gasteiger partial charge is 0.468 e. The summed E-state index contributed by atoms with van der Waals surface area (Å²) in [5, 5.41) is 7.38. The second-order valence-corrected chi connectivity index (χ2v) is 7.25. The zero-order valence-electron chi connectivity index (χ0n) is 15.0. The van der Waals surface area contributed by atoms with Gasteiger partial charge in [0.2, 0.25) is 5.88 Å². The van der Waals surface area contributed by atoms with Crippen molar-refractivity contribution >= 4 is 17.7 Å². The van der Waals surface area contributed by atoms with Gasteiger partial charge in [0.05, 0.1) is 6.54 Å². The Morgan fingerprint density at radius 3 is 2.77 bits per heavy atom. The van der Waals surface area contributed by atoms with Crippen LogP contribution in [0.25, 0.3) is 0 Å². The van der Waals surface area contributed by atoms with Crippen LogP contribution in [0.3, 0.4) is 0 Å². The molecule has 0 spiro atoms. The molecule has 1 aromatic heterocycles. The van der Waals surface area contributed by atoms with Crippen molar-refractivity contribution in [2.24, 2.45) is 4.99 Å². The lowest BCUT2D eigenvalue weighted by molar-refractivity contribution is -0.154. The van der Waals surface area contributed by atoms with E-state index in [0.717, 1.165) is 30.9 Å². The maximum absolute atomic E-state index is 12.1. The van der Waals surface area contributed by atoms with E-state index < -0.39 is 12.8 Å². The molecule has 1 aromatic rings. The van der Waals surface area contributed by atoms with Gasteiger partial charge < -0.3 is 15.4 Å². The third kappa shape index (κ3) is 7.31. The van der Waals surface area contributed by atoms with Crippen LogP contribution in [0.15, 0.2) is 23.3 Å². The number of pyridine rings is 1. The van der Waals surface area contributed by atoms with Crippen LogP contribution in [0, 0.1) is 0 Å². The summed E-state index contributed by atoms with van der Waals surface area (Å²) in [5.41, 5.74) is 0.801. The van der Waals surface area contributed by atoms with Crippen molar-refractivity contribution in [3.8, 4) is 5.88 Å². The number of alkyl halides is 3. The second-order valence-electron chi connectivity index (χ2n) is 6.12. The zero-order chi connectivity index (χ0) is 19.0. The van der Waals surface area contributed by atoms with E-state index in [1.807, 2.05) is 18.7 Å². The highest BCUT2D eigenvalue weighted by Crippen LogP contribution is 2.28. The first-order valence-electron chi connectivity index (χ1n) is 8.61. The number of aliphatic imine (C=N–C) groups is 1. The van der Waals surface area contributed by atoms with E-state index in [-0.39, 0.29) is 5.88 Å². The van der Waals surface area contributed by atoms with Crippen LogP contribution < -0.4 is 15.4 Å². The molecule has 0 saturated heterocycles. The minimum atomic E-state index is -4.37. The van der Waals surface area contributed by atoms with Crippen LogP contribution in [0.1, 0.15) is 31.7 Å². The molecule has 1 fully saturated rings. The van der Waals surface area contributed by atoms with Crippen molar-refractivity contribution in [1.29, 1.82) is 0 Å². The molecule has 1 aliphatic rings. The fraction of sp³-hybridized carbons (Fsp3) is 0.647. The molecule has 0 amide bonds. The first-order chi connectivity index (χ1) is 12.4. The van der Waals surface area contributed by atoms with Gasteiger partial charge >= 0.3 is 6.18 Å².